The number of hydrogen-bond acceptors (Lipinski definition) is 4. The molecule has 2 aliphatic heterocycles. The fourth-order valence-electron chi connectivity index (χ4n) is 3.57. The van der Waals surface area contributed by atoms with Gasteiger partial charge >= 0.3 is 5.97 Å². The molecule has 2 heterocycles. The van der Waals surface area contributed by atoms with Crippen molar-refractivity contribution < 1.29 is 24.2 Å². The number of fused-ring (bicyclic) bond motifs is 1. The molecule has 1 atom stereocenters. The van der Waals surface area contributed by atoms with Crippen LogP contribution in [0.4, 0.5) is 0 Å². The first-order valence-electron chi connectivity index (χ1n) is 8.42. The Balaban J connectivity index is 1.83. The van der Waals surface area contributed by atoms with E-state index < -0.39 is 11.4 Å². The van der Waals surface area contributed by atoms with Crippen molar-refractivity contribution in [1.82, 2.24) is 4.90 Å². The van der Waals surface area contributed by atoms with Crippen molar-refractivity contribution in [3.05, 3.63) is 29.3 Å². The van der Waals surface area contributed by atoms with E-state index in [0.717, 1.165) is 5.56 Å². The maximum absolute atomic E-state index is 12.9. The molecular weight excluding hydrogens is 322 g/mol. The van der Waals surface area contributed by atoms with Crippen molar-refractivity contribution in [3.63, 3.8) is 0 Å². The highest BCUT2D eigenvalue weighted by Gasteiger charge is 2.48. The van der Waals surface area contributed by atoms with Crippen molar-refractivity contribution in [2.24, 2.45) is 11.3 Å². The SMILES string of the molecule is COc1cccc2c1OCC(C(=O)N1CCC(C(=O)O)(C(C)C)C1)=C2. The van der Waals surface area contributed by atoms with E-state index in [1.54, 1.807) is 18.1 Å². The molecule has 3 rings (SSSR count). The first-order chi connectivity index (χ1) is 11.9. The highest BCUT2D eigenvalue weighted by molar-refractivity contribution is 6.00. The number of rotatable bonds is 4. The first kappa shape index (κ1) is 17.3. The maximum atomic E-state index is 12.9. The van der Waals surface area contributed by atoms with Gasteiger partial charge in [-0.2, -0.15) is 0 Å². The Morgan fingerprint density at radius 3 is 2.72 bits per heavy atom. The standard InChI is InChI=1S/C19H23NO5/c1-12(2)19(18(22)23)7-8-20(11-19)17(21)14-9-13-5-4-6-15(24-3)16(13)25-10-14/h4-6,9,12H,7-8,10-11H2,1-3H3,(H,22,23). The van der Waals surface area contributed by atoms with Crippen LogP contribution in [0.25, 0.3) is 6.08 Å². The molecule has 0 aromatic heterocycles. The minimum absolute atomic E-state index is 0.0376. The van der Waals surface area contributed by atoms with E-state index in [1.807, 2.05) is 32.0 Å². The Morgan fingerprint density at radius 1 is 1.36 bits per heavy atom. The number of amides is 1. The lowest BCUT2D eigenvalue weighted by Gasteiger charge is -2.29. The molecule has 1 unspecified atom stereocenters. The summed E-state index contributed by atoms with van der Waals surface area (Å²) in [6.45, 7) is 4.64. The van der Waals surface area contributed by atoms with Crippen LogP contribution in [0.1, 0.15) is 25.8 Å². The van der Waals surface area contributed by atoms with Crippen LogP contribution in [0.5, 0.6) is 11.5 Å². The normalized spacial score (nSPS) is 22.2. The van der Waals surface area contributed by atoms with Gasteiger partial charge in [0.15, 0.2) is 11.5 Å². The number of para-hydroxylation sites is 1. The second-order valence-electron chi connectivity index (χ2n) is 6.93. The van der Waals surface area contributed by atoms with Gasteiger partial charge in [-0.3, -0.25) is 9.59 Å². The zero-order valence-electron chi connectivity index (χ0n) is 14.7. The summed E-state index contributed by atoms with van der Waals surface area (Å²) >= 11 is 0. The number of methoxy groups -OCH3 is 1. The lowest BCUT2D eigenvalue weighted by Crippen LogP contribution is -2.41. The summed E-state index contributed by atoms with van der Waals surface area (Å²) in [5.74, 6) is 0.236. The molecule has 0 radical (unpaired) electrons. The minimum atomic E-state index is -0.868. The predicted octanol–water partition coefficient (Wildman–Crippen LogP) is 2.43. The lowest BCUT2D eigenvalue weighted by molar-refractivity contribution is -0.151. The smallest absolute Gasteiger partial charge is 0.311 e. The second-order valence-corrected chi connectivity index (χ2v) is 6.93. The fraction of sp³-hybridized carbons (Fsp3) is 0.474. The molecule has 1 N–H and O–H groups in total. The number of aliphatic carboxylic acids is 1. The first-order valence-corrected chi connectivity index (χ1v) is 8.42. The molecule has 0 bridgehead atoms. The number of carboxylic acid groups (broad SMARTS) is 1. The highest BCUT2D eigenvalue weighted by atomic mass is 16.5. The number of carbonyl (C=O) groups is 2. The number of carboxylic acids is 1. The molecule has 1 fully saturated rings. The van der Waals surface area contributed by atoms with E-state index in [1.165, 1.54) is 0 Å². The van der Waals surface area contributed by atoms with Gasteiger partial charge in [0.25, 0.3) is 5.91 Å². The van der Waals surface area contributed by atoms with Crippen molar-refractivity contribution in [3.8, 4) is 11.5 Å². The van der Waals surface area contributed by atoms with Gasteiger partial charge in [-0.25, -0.2) is 0 Å². The van der Waals surface area contributed by atoms with Crippen molar-refractivity contribution >= 4 is 18.0 Å². The molecule has 134 valence electrons. The maximum Gasteiger partial charge on any atom is 0.311 e. The monoisotopic (exact) mass is 345 g/mol. The molecular formula is C19H23NO5. The van der Waals surface area contributed by atoms with Crippen LogP contribution >= 0.6 is 0 Å². The summed E-state index contributed by atoms with van der Waals surface area (Å²) in [6, 6.07) is 5.52. The van der Waals surface area contributed by atoms with Gasteiger partial charge in [0.2, 0.25) is 0 Å². The summed E-state index contributed by atoms with van der Waals surface area (Å²) in [7, 11) is 1.57. The van der Waals surface area contributed by atoms with Crippen LogP contribution in [0.3, 0.4) is 0 Å². The molecule has 6 nitrogen and oxygen atoms in total. The van der Waals surface area contributed by atoms with Crippen LogP contribution in [0.2, 0.25) is 0 Å². The zero-order valence-corrected chi connectivity index (χ0v) is 14.7. The van der Waals surface area contributed by atoms with Gasteiger partial charge in [0.05, 0.1) is 18.1 Å². The van der Waals surface area contributed by atoms with E-state index >= 15 is 0 Å². The molecule has 0 saturated carbocycles. The van der Waals surface area contributed by atoms with Crippen LogP contribution in [0.15, 0.2) is 23.8 Å². The Bertz CT molecular complexity index is 739. The Kier molecular flexibility index (Phi) is 4.45. The zero-order chi connectivity index (χ0) is 18.2. The average Bonchev–Trinajstić information content (AvgIpc) is 3.07. The van der Waals surface area contributed by atoms with E-state index in [2.05, 4.69) is 0 Å². The molecule has 25 heavy (non-hydrogen) atoms. The summed E-state index contributed by atoms with van der Waals surface area (Å²) in [5, 5.41) is 9.64. The third-order valence-corrected chi connectivity index (χ3v) is 5.32. The number of hydrogen-bond donors (Lipinski definition) is 1. The van der Waals surface area contributed by atoms with Crippen LogP contribution in [0, 0.1) is 11.3 Å². The fourth-order valence-corrected chi connectivity index (χ4v) is 3.57. The average molecular weight is 345 g/mol. The number of benzene rings is 1. The Morgan fingerprint density at radius 2 is 2.12 bits per heavy atom. The van der Waals surface area contributed by atoms with Gasteiger partial charge in [0.1, 0.15) is 6.61 Å². The number of ether oxygens (including phenoxy) is 2. The molecule has 1 aromatic carbocycles. The van der Waals surface area contributed by atoms with Crippen LogP contribution in [-0.2, 0) is 9.59 Å². The Labute approximate surface area is 147 Å². The third-order valence-electron chi connectivity index (χ3n) is 5.32. The second kappa shape index (κ2) is 6.43. The number of likely N-dealkylation sites (tertiary alicyclic amines) is 1. The predicted molar refractivity (Wildman–Crippen MR) is 92.6 cm³/mol. The van der Waals surface area contributed by atoms with Gasteiger partial charge in [-0.1, -0.05) is 26.0 Å². The van der Waals surface area contributed by atoms with Gasteiger partial charge < -0.3 is 19.5 Å². The van der Waals surface area contributed by atoms with Crippen molar-refractivity contribution in [2.75, 3.05) is 26.8 Å². The Hall–Kier alpha value is -2.50. The van der Waals surface area contributed by atoms with Crippen molar-refractivity contribution in [2.45, 2.75) is 20.3 Å². The number of carbonyl (C=O) groups excluding carboxylic acids is 1. The summed E-state index contributed by atoms with van der Waals surface area (Å²) in [4.78, 5) is 26.2. The highest BCUT2D eigenvalue weighted by Crippen LogP contribution is 2.40. The molecule has 2 aliphatic rings. The lowest BCUT2D eigenvalue weighted by atomic mass is 9.76. The molecule has 1 saturated heterocycles. The van der Waals surface area contributed by atoms with E-state index in [9.17, 15) is 14.7 Å². The summed E-state index contributed by atoms with van der Waals surface area (Å²) in [6.07, 6.45) is 2.28. The van der Waals surface area contributed by atoms with E-state index in [-0.39, 0.29) is 25.0 Å². The molecule has 0 aliphatic carbocycles. The summed E-state index contributed by atoms with van der Waals surface area (Å²) < 4.78 is 11.0. The van der Waals surface area contributed by atoms with Crippen molar-refractivity contribution in [1.29, 1.82) is 0 Å². The largest absolute Gasteiger partial charge is 0.493 e. The molecule has 1 amide bonds. The van der Waals surface area contributed by atoms with E-state index in [0.29, 0.717) is 30.0 Å². The summed E-state index contributed by atoms with van der Waals surface area (Å²) in [5.41, 5.74) is 0.458. The number of nitrogens with zero attached hydrogens (tertiary/aromatic N) is 1. The van der Waals surface area contributed by atoms with Crippen LogP contribution in [-0.4, -0.2) is 48.7 Å². The van der Waals surface area contributed by atoms with Crippen LogP contribution < -0.4 is 9.47 Å². The molecule has 0 spiro atoms. The topological polar surface area (TPSA) is 76.1 Å². The van der Waals surface area contributed by atoms with Gasteiger partial charge in [-0.15, -0.1) is 0 Å². The quantitative estimate of drug-likeness (QED) is 0.907. The minimum Gasteiger partial charge on any atom is -0.493 e. The van der Waals surface area contributed by atoms with Gasteiger partial charge in [-0.05, 0) is 24.5 Å². The van der Waals surface area contributed by atoms with E-state index in [4.69, 9.17) is 9.47 Å². The third kappa shape index (κ3) is 2.86. The van der Waals surface area contributed by atoms with Gasteiger partial charge in [0, 0.05) is 18.7 Å². The molecule has 1 aromatic rings. The molecule has 6 heteroatoms.